The fourth-order valence-electron chi connectivity index (χ4n) is 2.05. The van der Waals surface area contributed by atoms with Crippen LogP contribution in [0.5, 0.6) is 6.01 Å². The molecule has 1 aliphatic carbocycles. The predicted octanol–water partition coefficient (Wildman–Crippen LogP) is 2.07. The number of aromatic nitrogens is 3. The fraction of sp³-hybridized carbons (Fsp3) is 0.786. The monoisotopic (exact) mass is 295 g/mol. The van der Waals surface area contributed by atoms with Gasteiger partial charge in [-0.05, 0) is 25.7 Å². The van der Waals surface area contributed by atoms with Crippen LogP contribution in [0.3, 0.4) is 0 Å². The molecule has 0 amide bonds. The van der Waals surface area contributed by atoms with Crippen LogP contribution in [0.2, 0.25) is 0 Å². The van der Waals surface area contributed by atoms with Gasteiger partial charge in [-0.1, -0.05) is 13.8 Å². The van der Waals surface area contributed by atoms with Crippen molar-refractivity contribution in [3.63, 3.8) is 0 Å². The van der Waals surface area contributed by atoms with Crippen molar-refractivity contribution < 1.29 is 9.47 Å². The average molecular weight is 295 g/mol. The molecule has 7 heteroatoms. The van der Waals surface area contributed by atoms with Crippen LogP contribution < -0.4 is 15.4 Å². The molecule has 0 atom stereocenters. The van der Waals surface area contributed by atoms with Crippen molar-refractivity contribution in [1.29, 1.82) is 0 Å². The summed E-state index contributed by atoms with van der Waals surface area (Å²) in [5.74, 6) is 1.12. The highest BCUT2D eigenvalue weighted by atomic mass is 16.5. The van der Waals surface area contributed by atoms with Gasteiger partial charge in [0.2, 0.25) is 11.9 Å². The van der Waals surface area contributed by atoms with Crippen LogP contribution in [-0.2, 0) is 4.74 Å². The number of hydrogen-bond donors (Lipinski definition) is 2. The van der Waals surface area contributed by atoms with Crippen LogP contribution in [0.1, 0.15) is 39.5 Å². The van der Waals surface area contributed by atoms with Crippen molar-refractivity contribution in [3.05, 3.63) is 0 Å². The van der Waals surface area contributed by atoms with E-state index in [1.807, 2.05) is 0 Å². The van der Waals surface area contributed by atoms with Crippen LogP contribution in [0.25, 0.3) is 0 Å². The Bertz CT molecular complexity index is 411. The second-order valence-corrected chi connectivity index (χ2v) is 5.21. The highest BCUT2D eigenvalue weighted by Gasteiger charge is 2.29. The third kappa shape index (κ3) is 4.70. The number of rotatable bonds is 9. The number of nitrogens with zero attached hydrogens (tertiary/aromatic N) is 3. The maximum atomic E-state index is 5.53. The summed E-state index contributed by atoms with van der Waals surface area (Å²) < 4.78 is 10.8. The largest absolute Gasteiger partial charge is 0.463 e. The number of anilines is 2. The zero-order valence-electron chi connectivity index (χ0n) is 13.1. The van der Waals surface area contributed by atoms with E-state index in [4.69, 9.17) is 9.47 Å². The summed E-state index contributed by atoms with van der Waals surface area (Å²) in [6, 6.07) is 0.728. The van der Waals surface area contributed by atoms with Crippen LogP contribution >= 0.6 is 0 Å². The lowest BCUT2D eigenvalue weighted by molar-refractivity contribution is 0.0327. The van der Waals surface area contributed by atoms with Crippen LogP contribution in [-0.4, -0.2) is 47.4 Å². The van der Waals surface area contributed by atoms with Crippen LogP contribution in [0.4, 0.5) is 11.9 Å². The Balaban J connectivity index is 2.00. The van der Waals surface area contributed by atoms with Gasteiger partial charge in [0.15, 0.2) is 0 Å². The topological polar surface area (TPSA) is 81.2 Å². The summed E-state index contributed by atoms with van der Waals surface area (Å²) in [5, 5.41) is 6.49. The van der Waals surface area contributed by atoms with Crippen molar-refractivity contribution in [3.8, 4) is 6.01 Å². The van der Waals surface area contributed by atoms with Crippen molar-refractivity contribution in [1.82, 2.24) is 15.0 Å². The van der Waals surface area contributed by atoms with Gasteiger partial charge in [-0.2, -0.15) is 15.0 Å². The zero-order valence-corrected chi connectivity index (χ0v) is 13.1. The van der Waals surface area contributed by atoms with E-state index in [0.717, 1.165) is 32.2 Å². The van der Waals surface area contributed by atoms with E-state index >= 15 is 0 Å². The SMILES string of the molecule is CCCNc1nc(NC2CC(OC)C2)nc(OCCC)n1. The second kappa shape index (κ2) is 7.97. The molecule has 0 aromatic carbocycles. The quantitative estimate of drug-likeness (QED) is 0.721. The average Bonchev–Trinajstić information content (AvgIpc) is 2.46. The van der Waals surface area contributed by atoms with E-state index in [1.54, 1.807) is 7.11 Å². The molecule has 2 N–H and O–H groups in total. The summed E-state index contributed by atoms with van der Waals surface area (Å²) in [5.41, 5.74) is 0. The maximum absolute atomic E-state index is 5.53. The lowest BCUT2D eigenvalue weighted by atomic mass is 9.89. The maximum Gasteiger partial charge on any atom is 0.323 e. The molecule has 0 aliphatic heterocycles. The summed E-state index contributed by atoms with van der Waals surface area (Å²) in [7, 11) is 1.74. The summed E-state index contributed by atoms with van der Waals surface area (Å²) in [6.07, 6.45) is 4.23. The van der Waals surface area contributed by atoms with Gasteiger partial charge >= 0.3 is 6.01 Å². The highest BCUT2D eigenvalue weighted by molar-refractivity contribution is 5.37. The smallest absolute Gasteiger partial charge is 0.323 e. The van der Waals surface area contributed by atoms with Gasteiger partial charge in [0, 0.05) is 19.7 Å². The van der Waals surface area contributed by atoms with Crippen LogP contribution in [0, 0.1) is 0 Å². The Hall–Kier alpha value is -1.63. The molecule has 0 radical (unpaired) electrons. The Morgan fingerprint density at radius 1 is 1.10 bits per heavy atom. The van der Waals surface area contributed by atoms with Crippen molar-refractivity contribution in [2.24, 2.45) is 0 Å². The predicted molar refractivity (Wildman–Crippen MR) is 81.8 cm³/mol. The molecule has 1 aromatic rings. The van der Waals surface area contributed by atoms with Gasteiger partial charge in [0.05, 0.1) is 12.7 Å². The first-order valence-electron chi connectivity index (χ1n) is 7.67. The van der Waals surface area contributed by atoms with Gasteiger partial charge in [0.1, 0.15) is 0 Å². The molecular weight excluding hydrogens is 270 g/mol. The molecule has 2 rings (SSSR count). The van der Waals surface area contributed by atoms with E-state index in [2.05, 4.69) is 39.4 Å². The molecule has 1 saturated carbocycles. The standard InChI is InChI=1S/C14H25N5O2/c1-4-6-15-12-17-13(16-10-8-11(9-10)20-3)19-14(18-12)21-7-5-2/h10-11H,4-9H2,1-3H3,(H2,15,16,17,18,19). The first kappa shape index (κ1) is 15.8. The lowest BCUT2D eigenvalue weighted by Crippen LogP contribution is -2.40. The Kier molecular flexibility index (Phi) is 5.98. The lowest BCUT2D eigenvalue weighted by Gasteiger charge is -2.34. The van der Waals surface area contributed by atoms with E-state index in [1.165, 1.54) is 0 Å². The Labute approximate surface area is 125 Å². The molecular formula is C14H25N5O2. The minimum absolute atomic E-state index is 0.345. The fourth-order valence-corrected chi connectivity index (χ4v) is 2.05. The van der Waals surface area contributed by atoms with Crippen molar-refractivity contribution in [2.45, 2.75) is 51.7 Å². The molecule has 0 spiro atoms. The first-order chi connectivity index (χ1) is 10.2. The summed E-state index contributed by atoms with van der Waals surface area (Å²) >= 11 is 0. The van der Waals surface area contributed by atoms with E-state index in [0.29, 0.717) is 36.7 Å². The highest BCUT2D eigenvalue weighted by Crippen LogP contribution is 2.25. The normalized spacial score (nSPS) is 20.7. The minimum atomic E-state index is 0.345. The van der Waals surface area contributed by atoms with Gasteiger partial charge < -0.3 is 20.1 Å². The van der Waals surface area contributed by atoms with Crippen molar-refractivity contribution >= 4 is 11.9 Å². The van der Waals surface area contributed by atoms with Gasteiger partial charge in [-0.15, -0.1) is 0 Å². The molecule has 0 unspecified atom stereocenters. The molecule has 7 nitrogen and oxygen atoms in total. The molecule has 21 heavy (non-hydrogen) atoms. The number of ether oxygens (including phenoxy) is 2. The van der Waals surface area contributed by atoms with E-state index in [9.17, 15) is 0 Å². The Morgan fingerprint density at radius 2 is 1.86 bits per heavy atom. The van der Waals surface area contributed by atoms with Gasteiger partial charge in [0.25, 0.3) is 0 Å². The minimum Gasteiger partial charge on any atom is -0.463 e. The molecule has 118 valence electrons. The zero-order chi connectivity index (χ0) is 15.1. The molecule has 0 bridgehead atoms. The van der Waals surface area contributed by atoms with Crippen molar-refractivity contribution in [2.75, 3.05) is 30.9 Å². The van der Waals surface area contributed by atoms with E-state index in [-0.39, 0.29) is 0 Å². The number of hydrogen-bond acceptors (Lipinski definition) is 7. The molecule has 1 aliphatic rings. The second-order valence-electron chi connectivity index (χ2n) is 5.21. The molecule has 0 saturated heterocycles. The Morgan fingerprint density at radius 3 is 2.52 bits per heavy atom. The van der Waals surface area contributed by atoms with Gasteiger partial charge in [-0.25, -0.2) is 0 Å². The molecule has 1 aromatic heterocycles. The third-order valence-corrected chi connectivity index (χ3v) is 3.34. The van der Waals surface area contributed by atoms with Crippen LogP contribution in [0.15, 0.2) is 0 Å². The number of methoxy groups -OCH3 is 1. The first-order valence-corrected chi connectivity index (χ1v) is 7.67. The molecule has 1 fully saturated rings. The number of nitrogens with one attached hydrogen (secondary N) is 2. The summed E-state index contributed by atoms with van der Waals surface area (Å²) in [6.45, 7) is 5.58. The van der Waals surface area contributed by atoms with E-state index < -0.39 is 0 Å². The third-order valence-electron chi connectivity index (χ3n) is 3.34. The van der Waals surface area contributed by atoms with Gasteiger partial charge in [-0.3, -0.25) is 0 Å². The summed E-state index contributed by atoms with van der Waals surface area (Å²) in [4.78, 5) is 13.0. The molecule has 1 heterocycles.